The first-order chi connectivity index (χ1) is 17.1. The molecule has 0 bridgehead atoms. The molecule has 1 aliphatic heterocycles. The van der Waals surface area contributed by atoms with E-state index in [2.05, 4.69) is 28.1 Å². The van der Waals surface area contributed by atoms with E-state index in [0.717, 1.165) is 43.4 Å². The van der Waals surface area contributed by atoms with Crippen molar-refractivity contribution in [2.75, 3.05) is 6.54 Å². The van der Waals surface area contributed by atoms with Crippen molar-refractivity contribution in [1.82, 2.24) is 14.8 Å². The van der Waals surface area contributed by atoms with Gasteiger partial charge >= 0.3 is 0 Å². The maximum absolute atomic E-state index is 14.0. The van der Waals surface area contributed by atoms with Crippen LogP contribution in [0.4, 0.5) is 0 Å². The minimum atomic E-state index is -0.922. The number of allylic oxidation sites excluding steroid dienone is 1. The molecule has 1 aromatic carbocycles. The largest absolute Gasteiger partial charge is 0.351 e. The fourth-order valence-corrected chi connectivity index (χ4v) is 6.14. The van der Waals surface area contributed by atoms with Crippen molar-refractivity contribution in [1.29, 1.82) is 0 Å². The third-order valence-corrected chi connectivity index (χ3v) is 8.30. The quantitative estimate of drug-likeness (QED) is 0.407. The molecule has 0 saturated heterocycles. The molecule has 35 heavy (non-hydrogen) atoms. The monoisotopic (exact) mass is 473 g/mol. The highest BCUT2D eigenvalue weighted by Crippen LogP contribution is 2.34. The number of hydrogen-bond acceptors (Lipinski definition) is 2. The van der Waals surface area contributed by atoms with E-state index in [9.17, 15) is 9.59 Å². The summed E-state index contributed by atoms with van der Waals surface area (Å²) < 4.78 is 2.07. The fraction of sp³-hybridized carbons (Fsp3) is 0.533. The molecular formula is C30H39N3O2. The maximum atomic E-state index is 14.0. The number of carbonyl (C=O) groups is 2. The van der Waals surface area contributed by atoms with Gasteiger partial charge in [0.05, 0.1) is 6.54 Å². The molecule has 2 aliphatic carbocycles. The van der Waals surface area contributed by atoms with Gasteiger partial charge in [0, 0.05) is 18.3 Å². The molecule has 3 aliphatic rings. The number of rotatable bonds is 6. The summed E-state index contributed by atoms with van der Waals surface area (Å²) in [5, 5.41) is 3.38. The summed E-state index contributed by atoms with van der Waals surface area (Å²) in [5.74, 6) is -0.0397. The van der Waals surface area contributed by atoms with E-state index in [4.69, 9.17) is 0 Å². The van der Waals surface area contributed by atoms with Gasteiger partial charge in [-0.2, -0.15) is 0 Å². The molecule has 1 fully saturated rings. The van der Waals surface area contributed by atoms with Gasteiger partial charge in [-0.15, -0.1) is 0 Å². The van der Waals surface area contributed by atoms with E-state index in [-0.39, 0.29) is 17.9 Å². The van der Waals surface area contributed by atoms with Crippen molar-refractivity contribution in [3.8, 4) is 11.3 Å². The maximum Gasteiger partial charge on any atom is 0.271 e. The van der Waals surface area contributed by atoms with E-state index in [1.54, 1.807) is 0 Å². The molecule has 186 valence electrons. The van der Waals surface area contributed by atoms with Crippen molar-refractivity contribution >= 4 is 11.8 Å². The van der Waals surface area contributed by atoms with Crippen molar-refractivity contribution in [2.24, 2.45) is 0 Å². The van der Waals surface area contributed by atoms with Crippen LogP contribution < -0.4 is 5.32 Å². The van der Waals surface area contributed by atoms with Gasteiger partial charge in [-0.1, -0.05) is 67.7 Å². The predicted octanol–water partition coefficient (Wildman–Crippen LogP) is 6.10. The van der Waals surface area contributed by atoms with Crippen LogP contribution in [0.15, 0.2) is 54.1 Å². The number of nitrogens with one attached hydrogen (secondary N) is 1. The zero-order chi connectivity index (χ0) is 24.3. The van der Waals surface area contributed by atoms with Crippen LogP contribution in [-0.4, -0.2) is 39.4 Å². The molecule has 0 unspecified atom stereocenters. The van der Waals surface area contributed by atoms with Gasteiger partial charge in [0.15, 0.2) is 0 Å². The Morgan fingerprint density at radius 2 is 1.71 bits per heavy atom. The van der Waals surface area contributed by atoms with E-state index in [0.29, 0.717) is 18.8 Å². The standard InChI is InChI=1S/C30H39N3O2/c1-30(29(35)31-25-16-10-2-3-11-17-25)22-32-26(24-14-8-5-9-15-24)18-19-27(32)28(34)33(30)21-20-23-12-6-4-7-13-23/h5,8-9,12,14-15,18-19,25H,2-4,6-7,10-11,13,16-17,20-22H2,1H3,(H,31,35)/t30-/m0/s1. The second-order valence-corrected chi connectivity index (χ2v) is 10.8. The number of benzene rings is 1. The zero-order valence-corrected chi connectivity index (χ0v) is 21.1. The first-order valence-corrected chi connectivity index (χ1v) is 13.6. The molecule has 5 heteroatoms. The van der Waals surface area contributed by atoms with Crippen LogP contribution in [0.25, 0.3) is 11.3 Å². The highest BCUT2D eigenvalue weighted by molar-refractivity contribution is 6.00. The number of aromatic nitrogens is 1. The minimum absolute atomic E-state index is 0.00580. The van der Waals surface area contributed by atoms with E-state index in [1.165, 1.54) is 44.1 Å². The molecule has 5 nitrogen and oxygen atoms in total. The molecule has 1 atom stereocenters. The molecule has 5 rings (SSSR count). The van der Waals surface area contributed by atoms with Crippen LogP contribution >= 0.6 is 0 Å². The highest BCUT2D eigenvalue weighted by Gasteiger charge is 2.48. The fourth-order valence-electron chi connectivity index (χ4n) is 6.14. The third kappa shape index (κ3) is 4.96. The number of fused-ring (bicyclic) bond motifs is 1. The lowest BCUT2D eigenvalue weighted by molar-refractivity contribution is -0.133. The molecule has 2 amide bonds. The summed E-state index contributed by atoms with van der Waals surface area (Å²) in [6, 6.07) is 14.3. The summed E-state index contributed by atoms with van der Waals surface area (Å²) in [6.07, 6.45) is 14.8. The zero-order valence-electron chi connectivity index (χ0n) is 21.1. The van der Waals surface area contributed by atoms with Crippen LogP contribution in [0.2, 0.25) is 0 Å². The summed E-state index contributed by atoms with van der Waals surface area (Å²) in [7, 11) is 0. The molecule has 1 aromatic heterocycles. The molecule has 1 N–H and O–H groups in total. The SMILES string of the molecule is C[C@@]1(C(=O)NC2CCCCCC2)Cn2c(ccc2-c2ccccc2)C(=O)N1CCC1=CCCCC1. The van der Waals surface area contributed by atoms with Gasteiger partial charge in [0.2, 0.25) is 5.91 Å². The normalized spacial score (nSPS) is 23.4. The van der Waals surface area contributed by atoms with Crippen LogP contribution in [0, 0.1) is 0 Å². The average Bonchev–Trinajstić information content (AvgIpc) is 3.13. The van der Waals surface area contributed by atoms with Crippen molar-refractivity contribution < 1.29 is 9.59 Å². The highest BCUT2D eigenvalue weighted by atomic mass is 16.2. The number of nitrogens with zero attached hydrogens (tertiary/aromatic N) is 2. The minimum Gasteiger partial charge on any atom is -0.351 e. The van der Waals surface area contributed by atoms with Crippen molar-refractivity contribution in [3.63, 3.8) is 0 Å². The molecule has 2 heterocycles. The Morgan fingerprint density at radius 3 is 2.43 bits per heavy atom. The lowest BCUT2D eigenvalue weighted by Gasteiger charge is -2.45. The average molecular weight is 474 g/mol. The smallest absolute Gasteiger partial charge is 0.271 e. The van der Waals surface area contributed by atoms with E-state index >= 15 is 0 Å². The molecule has 0 radical (unpaired) electrons. The molecular weight excluding hydrogens is 434 g/mol. The first kappa shape index (κ1) is 23.9. The first-order valence-electron chi connectivity index (χ1n) is 13.6. The van der Waals surface area contributed by atoms with Crippen molar-refractivity contribution in [2.45, 2.75) is 95.7 Å². The summed E-state index contributed by atoms with van der Waals surface area (Å²) >= 11 is 0. The van der Waals surface area contributed by atoms with Gasteiger partial charge in [-0.05, 0) is 69.6 Å². The Labute approximate surface area is 209 Å². The van der Waals surface area contributed by atoms with Gasteiger partial charge in [0.25, 0.3) is 5.91 Å². The molecule has 2 aromatic rings. The Balaban J connectivity index is 1.46. The van der Waals surface area contributed by atoms with Crippen LogP contribution in [-0.2, 0) is 11.3 Å². The van der Waals surface area contributed by atoms with Gasteiger partial charge < -0.3 is 14.8 Å². The molecule has 0 spiro atoms. The Bertz CT molecular complexity index is 1080. The molecule has 1 saturated carbocycles. The third-order valence-electron chi connectivity index (χ3n) is 8.30. The second-order valence-electron chi connectivity index (χ2n) is 10.8. The van der Waals surface area contributed by atoms with E-state index in [1.807, 2.05) is 42.2 Å². The predicted molar refractivity (Wildman–Crippen MR) is 140 cm³/mol. The summed E-state index contributed by atoms with van der Waals surface area (Å²) in [5.41, 5.74) is 3.26. The summed E-state index contributed by atoms with van der Waals surface area (Å²) in [6.45, 7) is 3.04. The van der Waals surface area contributed by atoms with Crippen molar-refractivity contribution in [3.05, 3.63) is 59.8 Å². The lowest BCUT2D eigenvalue weighted by Crippen LogP contribution is -2.65. The van der Waals surface area contributed by atoms with Crippen LogP contribution in [0.5, 0.6) is 0 Å². The number of carbonyl (C=O) groups excluding carboxylic acids is 2. The van der Waals surface area contributed by atoms with E-state index < -0.39 is 5.54 Å². The van der Waals surface area contributed by atoms with Gasteiger partial charge in [-0.3, -0.25) is 9.59 Å². The second kappa shape index (κ2) is 10.4. The Hall–Kier alpha value is -2.82. The topological polar surface area (TPSA) is 54.3 Å². The summed E-state index contributed by atoms with van der Waals surface area (Å²) in [4.78, 5) is 29.7. The van der Waals surface area contributed by atoms with Gasteiger partial charge in [0.1, 0.15) is 11.2 Å². The van der Waals surface area contributed by atoms with Crippen LogP contribution in [0.1, 0.15) is 88.0 Å². The Morgan fingerprint density at radius 1 is 0.971 bits per heavy atom. The lowest BCUT2D eigenvalue weighted by atomic mass is 9.91. The Kier molecular flexibility index (Phi) is 7.12. The van der Waals surface area contributed by atoms with Crippen LogP contribution in [0.3, 0.4) is 0 Å². The number of hydrogen-bond donors (Lipinski definition) is 1. The van der Waals surface area contributed by atoms with Gasteiger partial charge in [-0.25, -0.2) is 0 Å². The number of amides is 2.